The van der Waals surface area contributed by atoms with Gasteiger partial charge in [-0.2, -0.15) is 0 Å². The summed E-state index contributed by atoms with van der Waals surface area (Å²) >= 11 is 0. The van der Waals surface area contributed by atoms with Crippen LogP contribution in [-0.2, 0) is 6.42 Å². The lowest BCUT2D eigenvalue weighted by Crippen LogP contribution is -2.52. The summed E-state index contributed by atoms with van der Waals surface area (Å²) in [4.78, 5) is 16.6. The summed E-state index contributed by atoms with van der Waals surface area (Å²) in [7, 11) is 0. The third-order valence-corrected chi connectivity index (χ3v) is 4.99. The highest BCUT2D eigenvalue weighted by molar-refractivity contribution is 5.75. The van der Waals surface area contributed by atoms with Crippen LogP contribution in [0.2, 0.25) is 0 Å². The first-order valence-electron chi connectivity index (χ1n) is 8.55. The van der Waals surface area contributed by atoms with Crippen molar-refractivity contribution in [3.05, 3.63) is 35.4 Å². The van der Waals surface area contributed by atoms with E-state index in [9.17, 15) is 4.79 Å². The third kappa shape index (κ3) is 3.27. The summed E-state index contributed by atoms with van der Waals surface area (Å²) in [6, 6.07) is 9.07. The van der Waals surface area contributed by atoms with Crippen molar-refractivity contribution in [1.82, 2.24) is 9.80 Å². The second kappa shape index (κ2) is 6.69. The standard InChI is InChI=1S/C18H27N3O/c1-2-14-5-7-15(8-6-14)16-11-17(19)13-21(12-16)18(22)20-9-3-4-10-20/h5-8,16-17H,2-4,9-13,19H2,1H3. The summed E-state index contributed by atoms with van der Waals surface area (Å²) < 4.78 is 0. The van der Waals surface area contributed by atoms with E-state index in [1.54, 1.807) is 0 Å². The molecule has 0 aliphatic carbocycles. The normalized spacial score (nSPS) is 25.5. The molecule has 2 saturated heterocycles. The van der Waals surface area contributed by atoms with Crippen molar-refractivity contribution in [1.29, 1.82) is 0 Å². The largest absolute Gasteiger partial charge is 0.326 e. The van der Waals surface area contributed by atoms with E-state index in [-0.39, 0.29) is 12.1 Å². The summed E-state index contributed by atoms with van der Waals surface area (Å²) in [6.07, 6.45) is 4.29. The van der Waals surface area contributed by atoms with Gasteiger partial charge in [-0.05, 0) is 36.8 Å². The van der Waals surface area contributed by atoms with Crippen molar-refractivity contribution in [2.24, 2.45) is 5.73 Å². The molecule has 2 aliphatic heterocycles. The minimum Gasteiger partial charge on any atom is -0.326 e. The van der Waals surface area contributed by atoms with Gasteiger partial charge < -0.3 is 15.5 Å². The van der Waals surface area contributed by atoms with Gasteiger partial charge in [-0.1, -0.05) is 31.2 Å². The molecule has 2 heterocycles. The second-order valence-corrected chi connectivity index (χ2v) is 6.67. The maximum Gasteiger partial charge on any atom is 0.320 e. The first-order chi connectivity index (χ1) is 10.7. The molecule has 4 nitrogen and oxygen atoms in total. The Morgan fingerprint density at radius 1 is 1.14 bits per heavy atom. The topological polar surface area (TPSA) is 49.6 Å². The van der Waals surface area contributed by atoms with Gasteiger partial charge in [0.1, 0.15) is 0 Å². The average molecular weight is 301 g/mol. The maximum absolute atomic E-state index is 12.6. The van der Waals surface area contributed by atoms with E-state index >= 15 is 0 Å². The van der Waals surface area contributed by atoms with Crippen LogP contribution in [0.1, 0.15) is 43.2 Å². The molecule has 2 unspecified atom stereocenters. The van der Waals surface area contributed by atoms with Gasteiger partial charge in [0.25, 0.3) is 0 Å². The minimum absolute atomic E-state index is 0.0798. The minimum atomic E-state index is 0.0798. The molecule has 1 aromatic rings. The number of carbonyl (C=O) groups excluding carboxylic acids is 1. The zero-order valence-corrected chi connectivity index (χ0v) is 13.5. The van der Waals surface area contributed by atoms with Crippen molar-refractivity contribution >= 4 is 6.03 Å². The zero-order valence-electron chi connectivity index (χ0n) is 13.5. The Kier molecular flexibility index (Phi) is 4.67. The predicted octanol–water partition coefficient (Wildman–Crippen LogP) is 2.58. The van der Waals surface area contributed by atoms with Crippen LogP contribution < -0.4 is 5.73 Å². The molecule has 2 atom stereocenters. The summed E-state index contributed by atoms with van der Waals surface area (Å²) in [5.41, 5.74) is 8.90. The van der Waals surface area contributed by atoms with Crippen LogP contribution in [0.5, 0.6) is 0 Å². The van der Waals surface area contributed by atoms with E-state index in [1.165, 1.54) is 11.1 Å². The summed E-state index contributed by atoms with van der Waals surface area (Å²) in [5, 5.41) is 0. The van der Waals surface area contributed by atoms with Crippen LogP contribution in [0.3, 0.4) is 0 Å². The molecule has 3 rings (SSSR count). The molecule has 0 spiro atoms. The number of rotatable bonds is 2. The number of amides is 2. The number of hydrogen-bond donors (Lipinski definition) is 1. The van der Waals surface area contributed by atoms with Gasteiger partial charge in [0, 0.05) is 38.1 Å². The number of urea groups is 1. The molecular formula is C18H27N3O. The number of piperidine rings is 1. The van der Waals surface area contributed by atoms with Crippen LogP contribution in [0.15, 0.2) is 24.3 Å². The molecule has 0 bridgehead atoms. The highest BCUT2D eigenvalue weighted by Crippen LogP contribution is 2.28. The van der Waals surface area contributed by atoms with Crippen LogP contribution >= 0.6 is 0 Å². The Hall–Kier alpha value is -1.55. The number of aryl methyl sites for hydroxylation is 1. The number of nitrogens with two attached hydrogens (primary N) is 1. The Morgan fingerprint density at radius 3 is 2.45 bits per heavy atom. The lowest BCUT2D eigenvalue weighted by atomic mass is 9.88. The fourth-order valence-electron chi connectivity index (χ4n) is 3.67. The van der Waals surface area contributed by atoms with Gasteiger partial charge in [-0.25, -0.2) is 4.79 Å². The van der Waals surface area contributed by atoms with E-state index in [1.807, 2.05) is 9.80 Å². The van der Waals surface area contributed by atoms with Crippen LogP contribution in [0, 0.1) is 0 Å². The van der Waals surface area contributed by atoms with E-state index in [0.29, 0.717) is 12.5 Å². The maximum atomic E-state index is 12.6. The monoisotopic (exact) mass is 301 g/mol. The Bertz CT molecular complexity index is 508. The Labute approximate surface area is 133 Å². The van der Waals surface area contributed by atoms with Crippen LogP contribution in [0.4, 0.5) is 4.79 Å². The molecule has 0 saturated carbocycles. The number of benzene rings is 1. The summed E-state index contributed by atoms with van der Waals surface area (Å²) in [5.74, 6) is 0.362. The molecule has 4 heteroatoms. The fourth-order valence-corrected chi connectivity index (χ4v) is 3.67. The molecule has 2 amide bonds. The summed E-state index contributed by atoms with van der Waals surface area (Å²) in [6.45, 7) is 5.47. The molecule has 2 aliphatic rings. The molecule has 2 fully saturated rings. The van der Waals surface area contributed by atoms with Crippen molar-refractivity contribution in [2.45, 2.75) is 44.6 Å². The smallest absolute Gasteiger partial charge is 0.320 e. The van der Waals surface area contributed by atoms with Gasteiger partial charge in [0.2, 0.25) is 0 Å². The SMILES string of the molecule is CCc1ccc(C2CC(N)CN(C(=O)N3CCCC3)C2)cc1. The van der Waals surface area contributed by atoms with Gasteiger partial charge in [-0.3, -0.25) is 0 Å². The van der Waals surface area contributed by atoms with Crippen LogP contribution in [0.25, 0.3) is 0 Å². The third-order valence-electron chi connectivity index (χ3n) is 4.99. The van der Waals surface area contributed by atoms with E-state index in [0.717, 1.165) is 45.3 Å². The Balaban J connectivity index is 1.70. The molecule has 0 radical (unpaired) electrons. The quantitative estimate of drug-likeness (QED) is 0.913. The van der Waals surface area contributed by atoms with Gasteiger partial charge in [0.15, 0.2) is 0 Å². The van der Waals surface area contributed by atoms with E-state index in [4.69, 9.17) is 5.73 Å². The molecule has 120 valence electrons. The van der Waals surface area contributed by atoms with Crippen molar-refractivity contribution in [3.63, 3.8) is 0 Å². The van der Waals surface area contributed by atoms with E-state index < -0.39 is 0 Å². The van der Waals surface area contributed by atoms with Gasteiger partial charge in [0.05, 0.1) is 0 Å². The molecule has 1 aromatic carbocycles. The lowest BCUT2D eigenvalue weighted by molar-refractivity contribution is 0.141. The number of carbonyl (C=O) groups is 1. The van der Waals surface area contributed by atoms with Crippen LogP contribution in [-0.4, -0.2) is 48.1 Å². The highest BCUT2D eigenvalue weighted by atomic mass is 16.2. The first kappa shape index (κ1) is 15.3. The van der Waals surface area contributed by atoms with Crippen molar-refractivity contribution < 1.29 is 4.79 Å². The van der Waals surface area contributed by atoms with Gasteiger partial charge in [-0.15, -0.1) is 0 Å². The van der Waals surface area contributed by atoms with Gasteiger partial charge >= 0.3 is 6.03 Å². The Morgan fingerprint density at radius 2 is 1.82 bits per heavy atom. The predicted molar refractivity (Wildman–Crippen MR) is 88.9 cm³/mol. The lowest BCUT2D eigenvalue weighted by Gasteiger charge is -2.38. The molecule has 0 aromatic heterocycles. The fraction of sp³-hybridized carbons (Fsp3) is 0.611. The number of hydrogen-bond acceptors (Lipinski definition) is 2. The average Bonchev–Trinajstić information content (AvgIpc) is 3.08. The molecule has 2 N–H and O–H groups in total. The zero-order chi connectivity index (χ0) is 15.5. The number of nitrogens with zero attached hydrogens (tertiary/aromatic N) is 2. The first-order valence-corrected chi connectivity index (χ1v) is 8.55. The highest BCUT2D eigenvalue weighted by Gasteiger charge is 2.32. The number of likely N-dealkylation sites (tertiary alicyclic amines) is 2. The van der Waals surface area contributed by atoms with Crippen molar-refractivity contribution in [3.8, 4) is 0 Å². The second-order valence-electron chi connectivity index (χ2n) is 6.67. The molecule has 22 heavy (non-hydrogen) atoms. The van der Waals surface area contributed by atoms with Crippen molar-refractivity contribution in [2.75, 3.05) is 26.2 Å². The van der Waals surface area contributed by atoms with E-state index in [2.05, 4.69) is 31.2 Å². The molecular weight excluding hydrogens is 274 g/mol.